The highest BCUT2D eigenvalue weighted by atomic mass is 32.1. The maximum atomic E-state index is 11.8. The number of esters is 1. The van der Waals surface area contributed by atoms with Gasteiger partial charge in [0.25, 0.3) is 0 Å². The Morgan fingerprint density at radius 3 is 2.57 bits per heavy atom. The van der Waals surface area contributed by atoms with Crippen LogP contribution in [0.15, 0.2) is 67.0 Å². The van der Waals surface area contributed by atoms with Crippen molar-refractivity contribution in [1.29, 1.82) is 0 Å². The Hall–Kier alpha value is -3.66. The summed E-state index contributed by atoms with van der Waals surface area (Å²) in [6, 6.07) is 17.0. The minimum absolute atomic E-state index is 0.00587. The highest BCUT2D eigenvalue weighted by Crippen LogP contribution is 2.32. The van der Waals surface area contributed by atoms with Crippen LogP contribution in [0.4, 0.5) is 0 Å². The third-order valence-electron chi connectivity index (χ3n) is 5.33. The zero-order chi connectivity index (χ0) is 24.6. The van der Waals surface area contributed by atoms with Gasteiger partial charge >= 0.3 is 5.97 Å². The first-order valence-electron chi connectivity index (χ1n) is 11.0. The van der Waals surface area contributed by atoms with Crippen molar-refractivity contribution in [3.8, 4) is 26.9 Å². The molecule has 0 bridgehead atoms. The minimum atomic E-state index is -0.408. The van der Waals surface area contributed by atoms with Crippen molar-refractivity contribution in [1.82, 2.24) is 19.9 Å². The van der Waals surface area contributed by atoms with E-state index in [9.17, 15) is 9.90 Å². The summed E-state index contributed by atoms with van der Waals surface area (Å²) in [6.07, 6.45) is 3.44. The van der Waals surface area contributed by atoms with Gasteiger partial charge in [-0.25, -0.2) is 14.8 Å². The molecule has 0 radical (unpaired) electrons. The third kappa shape index (κ3) is 6.27. The van der Waals surface area contributed by atoms with Gasteiger partial charge in [-0.2, -0.15) is 0 Å². The number of methoxy groups -OCH3 is 2. The summed E-state index contributed by atoms with van der Waals surface area (Å²) in [7, 11) is 3.00. The van der Waals surface area contributed by atoms with Crippen LogP contribution in [0, 0.1) is 0 Å². The Bertz CT molecular complexity index is 1280. The number of nitrogens with zero attached hydrogens (tertiary/aromatic N) is 4. The molecule has 0 unspecified atom stereocenters. The monoisotopic (exact) mass is 490 g/mol. The van der Waals surface area contributed by atoms with Crippen LogP contribution in [0.25, 0.3) is 21.1 Å². The second-order valence-electron chi connectivity index (χ2n) is 7.73. The second kappa shape index (κ2) is 11.7. The number of thiazole rings is 1. The van der Waals surface area contributed by atoms with Crippen LogP contribution < -0.4 is 4.74 Å². The number of pyridine rings is 2. The van der Waals surface area contributed by atoms with E-state index in [1.165, 1.54) is 7.11 Å². The number of aromatic nitrogens is 3. The number of carbonyl (C=O) groups excluding carboxylic acids is 1. The SMILES string of the molecule is COC(=O)c1ccnc(CN(CCO)Cc2cccc(-c3ncc(-c4ccc(OC)cc4)s3)n2)c1. The lowest BCUT2D eigenvalue weighted by Crippen LogP contribution is -2.27. The van der Waals surface area contributed by atoms with Gasteiger partial charge in [-0.05, 0) is 54.1 Å². The topological polar surface area (TPSA) is 97.7 Å². The fourth-order valence-electron chi connectivity index (χ4n) is 3.59. The number of ether oxygens (including phenoxy) is 2. The number of hydrogen-bond donors (Lipinski definition) is 1. The standard InChI is InChI=1S/C26H26N4O4S/c1-33-22-8-6-18(7-9-22)24-15-28-25(35-24)23-5-3-4-20(29-23)16-30(12-13-31)17-21-14-19(10-11-27-21)26(32)34-2/h3-11,14-15,31H,12-13,16-17H2,1-2H3. The third-order valence-corrected chi connectivity index (χ3v) is 6.40. The van der Waals surface area contributed by atoms with Gasteiger partial charge in [0.05, 0.1) is 48.3 Å². The predicted molar refractivity (Wildman–Crippen MR) is 134 cm³/mol. The molecule has 1 N–H and O–H groups in total. The first kappa shape index (κ1) is 24.5. The van der Waals surface area contributed by atoms with E-state index in [-0.39, 0.29) is 6.61 Å². The van der Waals surface area contributed by atoms with Crippen molar-refractivity contribution >= 4 is 17.3 Å². The fourth-order valence-corrected chi connectivity index (χ4v) is 4.48. The Morgan fingerprint density at radius 2 is 1.83 bits per heavy atom. The minimum Gasteiger partial charge on any atom is -0.497 e. The smallest absolute Gasteiger partial charge is 0.337 e. The highest BCUT2D eigenvalue weighted by molar-refractivity contribution is 7.18. The van der Waals surface area contributed by atoms with Crippen molar-refractivity contribution in [3.63, 3.8) is 0 Å². The maximum absolute atomic E-state index is 11.8. The molecule has 9 heteroatoms. The van der Waals surface area contributed by atoms with E-state index in [0.29, 0.717) is 30.9 Å². The molecular formula is C26H26N4O4S. The Morgan fingerprint density at radius 1 is 1.03 bits per heavy atom. The predicted octanol–water partition coefficient (Wildman–Crippen LogP) is 4.06. The molecule has 4 aromatic rings. The quantitative estimate of drug-likeness (QED) is 0.333. The van der Waals surface area contributed by atoms with Crippen molar-refractivity contribution in [2.24, 2.45) is 0 Å². The van der Waals surface area contributed by atoms with Gasteiger partial charge < -0.3 is 14.6 Å². The molecule has 0 aliphatic rings. The van der Waals surface area contributed by atoms with Gasteiger partial charge in [0.15, 0.2) is 0 Å². The molecule has 3 aromatic heterocycles. The lowest BCUT2D eigenvalue weighted by Gasteiger charge is -2.21. The Kier molecular flexibility index (Phi) is 8.15. The summed E-state index contributed by atoms with van der Waals surface area (Å²) in [5, 5.41) is 10.4. The van der Waals surface area contributed by atoms with Gasteiger partial charge in [-0.1, -0.05) is 6.07 Å². The van der Waals surface area contributed by atoms with Crippen LogP contribution in [0.5, 0.6) is 5.75 Å². The maximum Gasteiger partial charge on any atom is 0.337 e. The Labute approximate surface area is 207 Å². The lowest BCUT2D eigenvalue weighted by molar-refractivity contribution is 0.0600. The van der Waals surface area contributed by atoms with Crippen LogP contribution in [0.3, 0.4) is 0 Å². The van der Waals surface area contributed by atoms with E-state index in [1.807, 2.05) is 53.6 Å². The molecule has 3 heterocycles. The van der Waals surface area contributed by atoms with E-state index < -0.39 is 5.97 Å². The molecular weight excluding hydrogens is 464 g/mol. The molecule has 4 rings (SSSR count). The van der Waals surface area contributed by atoms with E-state index in [0.717, 1.165) is 32.6 Å². The summed E-state index contributed by atoms with van der Waals surface area (Å²) >= 11 is 1.58. The molecule has 180 valence electrons. The van der Waals surface area contributed by atoms with E-state index in [2.05, 4.69) is 9.97 Å². The second-order valence-corrected chi connectivity index (χ2v) is 8.76. The van der Waals surface area contributed by atoms with Crippen molar-refractivity contribution in [3.05, 3.63) is 83.9 Å². The Balaban J connectivity index is 1.49. The number of aliphatic hydroxyl groups excluding tert-OH is 1. The van der Waals surface area contributed by atoms with Crippen LogP contribution >= 0.6 is 11.3 Å². The van der Waals surface area contributed by atoms with Gasteiger partial charge in [0.1, 0.15) is 10.8 Å². The lowest BCUT2D eigenvalue weighted by atomic mass is 10.2. The summed E-state index contributed by atoms with van der Waals surface area (Å²) in [4.78, 5) is 28.7. The summed E-state index contributed by atoms with van der Waals surface area (Å²) in [5.41, 5.74) is 3.87. The zero-order valence-electron chi connectivity index (χ0n) is 19.5. The fraction of sp³-hybridized carbons (Fsp3) is 0.231. The van der Waals surface area contributed by atoms with Crippen LogP contribution in [0.2, 0.25) is 0 Å². The zero-order valence-corrected chi connectivity index (χ0v) is 20.4. The van der Waals surface area contributed by atoms with Crippen molar-refractivity contribution in [2.75, 3.05) is 27.4 Å². The van der Waals surface area contributed by atoms with Gasteiger partial charge in [-0.3, -0.25) is 9.88 Å². The molecule has 0 fully saturated rings. The number of hydrogen-bond acceptors (Lipinski definition) is 9. The molecule has 8 nitrogen and oxygen atoms in total. The molecule has 1 aromatic carbocycles. The number of benzene rings is 1. The summed E-state index contributed by atoms with van der Waals surface area (Å²) in [5.74, 6) is 0.404. The summed E-state index contributed by atoms with van der Waals surface area (Å²) in [6.45, 7) is 1.40. The molecule has 0 aliphatic carbocycles. The first-order chi connectivity index (χ1) is 17.1. The van der Waals surface area contributed by atoms with Crippen LogP contribution in [-0.2, 0) is 17.8 Å². The average molecular weight is 491 g/mol. The van der Waals surface area contributed by atoms with E-state index in [1.54, 1.807) is 36.8 Å². The van der Waals surface area contributed by atoms with Gasteiger partial charge in [-0.15, -0.1) is 11.3 Å². The number of aliphatic hydroxyl groups is 1. The number of rotatable bonds is 10. The molecule has 0 atom stereocenters. The van der Waals surface area contributed by atoms with Crippen molar-refractivity contribution < 1.29 is 19.4 Å². The van der Waals surface area contributed by atoms with Gasteiger partial charge in [0.2, 0.25) is 0 Å². The number of carbonyl (C=O) groups is 1. The molecule has 35 heavy (non-hydrogen) atoms. The first-order valence-corrected chi connectivity index (χ1v) is 11.8. The van der Waals surface area contributed by atoms with Gasteiger partial charge in [0, 0.05) is 32.0 Å². The molecule has 0 saturated carbocycles. The molecule has 0 amide bonds. The van der Waals surface area contributed by atoms with E-state index >= 15 is 0 Å². The molecule has 0 aliphatic heterocycles. The largest absolute Gasteiger partial charge is 0.497 e. The van der Waals surface area contributed by atoms with Crippen molar-refractivity contribution in [2.45, 2.75) is 13.1 Å². The normalized spacial score (nSPS) is 11.0. The average Bonchev–Trinajstić information content (AvgIpc) is 3.39. The summed E-state index contributed by atoms with van der Waals surface area (Å²) < 4.78 is 10.0. The molecule has 0 spiro atoms. The highest BCUT2D eigenvalue weighted by Gasteiger charge is 2.13. The molecule has 0 saturated heterocycles. The van der Waals surface area contributed by atoms with E-state index in [4.69, 9.17) is 14.5 Å². The van der Waals surface area contributed by atoms with Crippen LogP contribution in [-0.4, -0.2) is 58.3 Å². The van der Waals surface area contributed by atoms with Crippen LogP contribution in [0.1, 0.15) is 21.7 Å².